The van der Waals surface area contributed by atoms with Crippen molar-refractivity contribution in [3.05, 3.63) is 70.9 Å². The molecular weight excluding hydrogens is 378 g/mol. The van der Waals surface area contributed by atoms with E-state index in [1.54, 1.807) is 24.4 Å². The van der Waals surface area contributed by atoms with Gasteiger partial charge in [-0.1, -0.05) is 18.2 Å². The fourth-order valence-electron chi connectivity index (χ4n) is 3.73. The number of phenolic OH excluding ortho intramolecular Hbond substituents is 1. The molecule has 1 aromatic heterocycles. The van der Waals surface area contributed by atoms with Gasteiger partial charge in [-0.15, -0.1) is 0 Å². The molecule has 1 aliphatic heterocycles. The van der Waals surface area contributed by atoms with Crippen LogP contribution in [0.25, 0.3) is 0 Å². The standard InChI is InChI=1S/C24H25N3O3/c1-15-5-7-18(29)14-21(15)26-20-9-10-25-24-23(20)22(30)13-17-12-16(4-2-3-11-28)6-8-19(17)27-24/h5-10,12,14,28-29H,2-4,11,13H2,1H3,(H2,25,26,27). The second kappa shape index (κ2) is 8.55. The molecule has 0 amide bonds. The SMILES string of the molecule is Cc1ccc(O)cc1Nc1ccnc2c1C(=O)Cc1cc(CCCCO)ccc1N2. The number of hydrogen-bond donors (Lipinski definition) is 4. The summed E-state index contributed by atoms with van der Waals surface area (Å²) in [5.74, 6) is 0.667. The Morgan fingerprint density at radius 3 is 2.80 bits per heavy atom. The van der Waals surface area contributed by atoms with E-state index in [0.29, 0.717) is 17.1 Å². The number of aromatic hydroxyl groups is 1. The number of benzene rings is 2. The van der Waals surface area contributed by atoms with Crippen molar-refractivity contribution in [3.63, 3.8) is 0 Å². The third kappa shape index (κ3) is 4.14. The Bertz CT molecular complexity index is 1100. The van der Waals surface area contributed by atoms with Gasteiger partial charge in [0.1, 0.15) is 11.6 Å². The molecule has 4 rings (SSSR count). The molecule has 0 saturated carbocycles. The van der Waals surface area contributed by atoms with Gasteiger partial charge in [0.05, 0.1) is 11.3 Å². The van der Waals surface area contributed by atoms with E-state index in [1.165, 1.54) is 0 Å². The van der Waals surface area contributed by atoms with Gasteiger partial charge in [0.25, 0.3) is 0 Å². The zero-order valence-electron chi connectivity index (χ0n) is 16.9. The van der Waals surface area contributed by atoms with Crippen molar-refractivity contribution in [3.8, 4) is 5.75 Å². The minimum absolute atomic E-state index is 0.0165. The molecule has 4 N–H and O–H groups in total. The number of anilines is 4. The number of fused-ring (bicyclic) bond motifs is 2. The summed E-state index contributed by atoms with van der Waals surface area (Å²) in [4.78, 5) is 17.6. The van der Waals surface area contributed by atoms with Crippen molar-refractivity contribution >= 4 is 28.7 Å². The molecule has 2 heterocycles. The van der Waals surface area contributed by atoms with Crippen LogP contribution in [0.5, 0.6) is 5.75 Å². The van der Waals surface area contributed by atoms with Gasteiger partial charge in [-0.2, -0.15) is 0 Å². The molecule has 6 heteroatoms. The number of carbonyl (C=O) groups excluding carboxylic acids is 1. The molecule has 154 valence electrons. The monoisotopic (exact) mass is 403 g/mol. The van der Waals surface area contributed by atoms with Crippen molar-refractivity contribution < 1.29 is 15.0 Å². The summed E-state index contributed by atoms with van der Waals surface area (Å²) in [5.41, 5.74) is 5.85. The Morgan fingerprint density at radius 1 is 1.10 bits per heavy atom. The molecule has 30 heavy (non-hydrogen) atoms. The van der Waals surface area contributed by atoms with Crippen molar-refractivity contribution in [2.24, 2.45) is 0 Å². The predicted octanol–water partition coefficient (Wildman–Crippen LogP) is 4.64. The number of pyridine rings is 1. The van der Waals surface area contributed by atoms with Crippen LogP contribution in [0.4, 0.5) is 22.9 Å². The van der Waals surface area contributed by atoms with Gasteiger partial charge in [-0.25, -0.2) is 4.98 Å². The highest BCUT2D eigenvalue weighted by Gasteiger charge is 2.24. The van der Waals surface area contributed by atoms with Gasteiger partial charge in [0, 0.05) is 36.7 Å². The molecular formula is C24H25N3O3. The maximum Gasteiger partial charge on any atom is 0.173 e. The number of ketones is 1. The quantitative estimate of drug-likeness (QED) is 0.448. The van der Waals surface area contributed by atoms with E-state index in [2.05, 4.69) is 27.8 Å². The van der Waals surface area contributed by atoms with Gasteiger partial charge >= 0.3 is 0 Å². The average Bonchev–Trinajstić information content (AvgIpc) is 2.87. The topological polar surface area (TPSA) is 94.5 Å². The normalized spacial score (nSPS) is 12.5. The van der Waals surface area contributed by atoms with E-state index in [4.69, 9.17) is 5.11 Å². The molecule has 0 fully saturated rings. The number of aromatic nitrogens is 1. The summed E-state index contributed by atoms with van der Waals surface area (Å²) in [6.45, 7) is 2.14. The van der Waals surface area contributed by atoms with Crippen LogP contribution in [-0.2, 0) is 12.8 Å². The van der Waals surface area contributed by atoms with Crippen molar-refractivity contribution in [1.82, 2.24) is 4.98 Å². The lowest BCUT2D eigenvalue weighted by molar-refractivity contribution is 0.0995. The number of carbonyl (C=O) groups is 1. The average molecular weight is 403 g/mol. The largest absolute Gasteiger partial charge is 0.508 e. The minimum Gasteiger partial charge on any atom is -0.508 e. The summed E-state index contributed by atoms with van der Waals surface area (Å²) >= 11 is 0. The molecule has 1 aliphatic rings. The number of rotatable bonds is 6. The molecule has 0 aliphatic carbocycles. The van der Waals surface area contributed by atoms with E-state index in [9.17, 15) is 9.90 Å². The maximum atomic E-state index is 13.2. The van der Waals surface area contributed by atoms with E-state index in [0.717, 1.165) is 47.3 Å². The van der Waals surface area contributed by atoms with Gasteiger partial charge in [0.2, 0.25) is 0 Å². The number of aryl methyl sites for hydroxylation is 2. The number of nitrogens with one attached hydrogen (secondary N) is 2. The zero-order valence-corrected chi connectivity index (χ0v) is 16.9. The van der Waals surface area contributed by atoms with Crippen LogP contribution >= 0.6 is 0 Å². The van der Waals surface area contributed by atoms with Gasteiger partial charge < -0.3 is 20.8 Å². The summed E-state index contributed by atoms with van der Waals surface area (Å²) in [6.07, 6.45) is 4.50. The summed E-state index contributed by atoms with van der Waals surface area (Å²) in [7, 11) is 0. The lowest BCUT2D eigenvalue weighted by Gasteiger charge is -2.15. The van der Waals surface area contributed by atoms with Crippen LogP contribution in [0.3, 0.4) is 0 Å². The van der Waals surface area contributed by atoms with Crippen LogP contribution in [0, 0.1) is 6.92 Å². The zero-order chi connectivity index (χ0) is 21.1. The Kier molecular flexibility index (Phi) is 5.68. The molecule has 0 bridgehead atoms. The van der Waals surface area contributed by atoms with E-state index >= 15 is 0 Å². The number of hydrogen-bond acceptors (Lipinski definition) is 6. The lowest BCUT2D eigenvalue weighted by Crippen LogP contribution is -2.08. The van der Waals surface area contributed by atoms with Gasteiger partial charge in [-0.3, -0.25) is 4.79 Å². The third-order valence-corrected chi connectivity index (χ3v) is 5.37. The second-order valence-corrected chi connectivity index (χ2v) is 7.60. The fraction of sp³-hybridized carbons (Fsp3) is 0.250. The molecule has 0 spiro atoms. The number of nitrogens with zero attached hydrogens (tertiary/aromatic N) is 1. The number of unbranched alkanes of at least 4 members (excludes halogenated alkanes) is 1. The first kappa shape index (κ1) is 19.9. The Morgan fingerprint density at radius 2 is 1.97 bits per heavy atom. The number of aliphatic hydroxyl groups excluding tert-OH is 1. The highest BCUT2D eigenvalue weighted by molar-refractivity contribution is 6.09. The number of Topliss-reactive ketones (excluding diaryl/α,β-unsaturated/α-hetero) is 1. The third-order valence-electron chi connectivity index (χ3n) is 5.37. The smallest absolute Gasteiger partial charge is 0.173 e. The Hall–Kier alpha value is -3.38. The van der Waals surface area contributed by atoms with Crippen LogP contribution in [0.2, 0.25) is 0 Å². The maximum absolute atomic E-state index is 13.2. The van der Waals surface area contributed by atoms with Crippen LogP contribution < -0.4 is 10.6 Å². The highest BCUT2D eigenvalue weighted by atomic mass is 16.3. The van der Waals surface area contributed by atoms with Crippen molar-refractivity contribution in [1.29, 1.82) is 0 Å². The molecule has 6 nitrogen and oxygen atoms in total. The van der Waals surface area contributed by atoms with Crippen molar-refractivity contribution in [2.45, 2.75) is 32.6 Å². The number of phenols is 1. The van der Waals surface area contributed by atoms with E-state index in [-0.39, 0.29) is 24.6 Å². The first-order valence-corrected chi connectivity index (χ1v) is 10.1. The molecule has 0 radical (unpaired) electrons. The number of aliphatic hydroxyl groups is 1. The molecule has 2 aromatic carbocycles. The van der Waals surface area contributed by atoms with Gasteiger partial charge in [-0.05, 0) is 61.1 Å². The van der Waals surface area contributed by atoms with E-state index < -0.39 is 0 Å². The van der Waals surface area contributed by atoms with Crippen molar-refractivity contribution in [2.75, 3.05) is 17.2 Å². The fourth-order valence-corrected chi connectivity index (χ4v) is 3.73. The minimum atomic E-state index is -0.0165. The second-order valence-electron chi connectivity index (χ2n) is 7.60. The van der Waals surface area contributed by atoms with Gasteiger partial charge in [0.15, 0.2) is 5.78 Å². The summed E-state index contributed by atoms with van der Waals surface area (Å²) < 4.78 is 0. The first-order chi connectivity index (χ1) is 14.5. The van der Waals surface area contributed by atoms with Crippen LogP contribution in [0.15, 0.2) is 48.7 Å². The molecule has 0 unspecified atom stereocenters. The molecule has 0 saturated heterocycles. The Labute approximate surface area is 175 Å². The first-order valence-electron chi connectivity index (χ1n) is 10.1. The Balaban J connectivity index is 1.65. The highest BCUT2D eigenvalue weighted by Crippen LogP contribution is 2.35. The molecule has 0 atom stereocenters. The van der Waals surface area contributed by atoms with Crippen LogP contribution in [-0.4, -0.2) is 27.6 Å². The summed E-state index contributed by atoms with van der Waals surface area (Å²) in [6, 6.07) is 13.0. The van der Waals surface area contributed by atoms with Crippen LogP contribution in [0.1, 0.15) is 39.9 Å². The molecule has 3 aromatic rings. The van der Waals surface area contributed by atoms with E-state index in [1.807, 2.05) is 19.1 Å². The lowest BCUT2D eigenvalue weighted by atomic mass is 9.99. The summed E-state index contributed by atoms with van der Waals surface area (Å²) in [5, 5.41) is 25.4. The predicted molar refractivity (Wildman–Crippen MR) is 118 cm³/mol.